The van der Waals surface area contributed by atoms with Crippen LogP contribution < -0.4 is 4.31 Å². The van der Waals surface area contributed by atoms with E-state index in [-0.39, 0.29) is 16.2 Å². The lowest BCUT2D eigenvalue weighted by Gasteiger charge is -2.19. The molecule has 0 saturated carbocycles. The molecule has 1 aromatic heterocycles. The Hall–Kier alpha value is -3.39. The molecule has 0 radical (unpaired) electrons. The van der Waals surface area contributed by atoms with E-state index in [2.05, 4.69) is 11.5 Å². The van der Waals surface area contributed by atoms with Gasteiger partial charge >= 0.3 is 5.97 Å². The second-order valence-corrected chi connectivity index (χ2v) is 10.3. The highest BCUT2D eigenvalue weighted by molar-refractivity contribution is 7.92. The van der Waals surface area contributed by atoms with Crippen LogP contribution in [0.15, 0.2) is 59.5 Å². The smallest absolute Gasteiger partial charge is 0.338 e. The number of carbonyl (C=O) groups is 2. The van der Waals surface area contributed by atoms with Crippen LogP contribution in [0.4, 0.5) is 5.69 Å². The van der Waals surface area contributed by atoms with Crippen LogP contribution in [0.2, 0.25) is 0 Å². The molecule has 1 aliphatic rings. The van der Waals surface area contributed by atoms with Gasteiger partial charge < -0.3 is 9.30 Å². The summed E-state index contributed by atoms with van der Waals surface area (Å²) >= 11 is 0. The summed E-state index contributed by atoms with van der Waals surface area (Å²) in [6.07, 6.45) is 1.58. The molecular formula is C26H28N2O5S. The molecular weight excluding hydrogens is 452 g/mol. The predicted octanol–water partition coefficient (Wildman–Crippen LogP) is 4.31. The molecule has 34 heavy (non-hydrogen) atoms. The first kappa shape index (κ1) is 23.8. The van der Waals surface area contributed by atoms with Gasteiger partial charge in [-0.3, -0.25) is 9.10 Å². The molecule has 3 aromatic rings. The minimum atomic E-state index is -3.84. The molecule has 0 bridgehead atoms. The summed E-state index contributed by atoms with van der Waals surface area (Å²) in [5.74, 6) is -1.03. The lowest BCUT2D eigenvalue weighted by atomic mass is 10.1. The van der Waals surface area contributed by atoms with Crippen LogP contribution in [0.5, 0.6) is 0 Å². The number of aromatic nitrogens is 1. The summed E-state index contributed by atoms with van der Waals surface area (Å²) in [7, 11) is -3.84. The van der Waals surface area contributed by atoms with Crippen molar-refractivity contribution >= 4 is 27.5 Å². The first-order valence-electron chi connectivity index (χ1n) is 11.3. The lowest BCUT2D eigenvalue weighted by Crippen LogP contribution is -2.29. The molecule has 0 amide bonds. The number of benzene rings is 2. The molecule has 1 aliphatic heterocycles. The molecule has 178 valence electrons. The van der Waals surface area contributed by atoms with Gasteiger partial charge in [-0.15, -0.1) is 0 Å². The lowest BCUT2D eigenvalue weighted by molar-refractivity contribution is 0.0474. The van der Waals surface area contributed by atoms with Crippen LogP contribution in [-0.4, -0.2) is 37.9 Å². The number of sulfonamides is 1. The average Bonchev–Trinajstić information content (AvgIpc) is 3.40. The Morgan fingerprint density at radius 2 is 1.79 bits per heavy atom. The molecule has 2 heterocycles. The van der Waals surface area contributed by atoms with Crippen LogP contribution in [0.25, 0.3) is 0 Å². The van der Waals surface area contributed by atoms with Crippen molar-refractivity contribution in [1.82, 2.24) is 4.57 Å². The minimum absolute atomic E-state index is 0.00749. The molecule has 0 saturated heterocycles. The summed E-state index contributed by atoms with van der Waals surface area (Å²) in [5, 5.41) is 0. The maximum atomic E-state index is 13.3. The van der Waals surface area contributed by atoms with Crippen LogP contribution in [0.3, 0.4) is 0 Å². The Bertz CT molecular complexity index is 1360. The third kappa shape index (κ3) is 4.37. The van der Waals surface area contributed by atoms with Crippen LogP contribution in [-0.2, 0) is 27.7 Å². The summed E-state index contributed by atoms with van der Waals surface area (Å²) in [6.45, 7) is 6.64. The standard InChI is InChI=1S/C26H28N2O5S/c1-4-13-27-18(2)15-23(19(27)3)25(29)17-33-26(30)21-9-7-10-22(16-21)34(31,32)28-14-12-20-8-5-6-11-24(20)28/h5-11,15-16H,4,12-14,17H2,1-3H3. The predicted molar refractivity (Wildman–Crippen MR) is 130 cm³/mol. The van der Waals surface area contributed by atoms with E-state index in [1.165, 1.54) is 28.6 Å². The highest BCUT2D eigenvalue weighted by Crippen LogP contribution is 2.32. The fourth-order valence-electron chi connectivity index (χ4n) is 4.41. The van der Waals surface area contributed by atoms with Crippen molar-refractivity contribution in [3.8, 4) is 0 Å². The number of rotatable bonds is 8. The third-order valence-electron chi connectivity index (χ3n) is 6.16. The van der Waals surface area contributed by atoms with E-state index in [1.54, 1.807) is 12.1 Å². The topological polar surface area (TPSA) is 85.7 Å². The maximum absolute atomic E-state index is 13.3. The molecule has 0 spiro atoms. The number of para-hydroxylation sites is 1. The van der Waals surface area contributed by atoms with Crippen LogP contribution >= 0.6 is 0 Å². The van der Waals surface area contributed by atoms with E-state index in [0.717, 1.165) is 29.9 Å². The van der Waals surface area contributed by atoms with Gasteiger partial charge in [0.25, 0.3) is 10.0 Å². The Labute approximate surface area is 200 Å². The molecule has 7 nitrogen and oxygen atoms in total. The normalized spacial score (nSPS) is 13.1. The number of esters is 1. The number of ketones is 1. The van der Waals surface area contributed by atoms with Crippen molar-refractivity contribution in [2.45, 2.75) is 45.1 Å². The highest BCUT2D eigenvalue weighted by atomic mass is 32.2. The molecule has 0 fully saturated rings. The Morgan fingerprint density at radius 3 is 2.56 bits per heavy atom. The van der Waals surface area contributed by atoms with Gasteiger partial charge in [0.05, 0.1) is 16.1 Å². The largest absolute Gasteiger partial charge is 0.454 e. The molecule has 0 unspecified atom stereocenters. The maximum Gasteiger partial charge on any atom is 0.338 e. The zero-order valence-corrected chi connectivity index (χ0v) is 20.4. The number of hydrogen-bond acceptors (Lipinski definition) is 5. The zero-order valence-electron chi connectivity index (χ0n) is 19.6. The van der Waals surface area contributed by atoms with Gasteiger partial charge in [0.1, 0.15) is 0 Å². The fraction of sp³-hybridized carbons (Fsp3) is 0.308. The molecule has 4 rings (SSSR count). The highest BCUT2D eigenvalue weighted by Gasteiger charge is 2.31. The first-order valence-corrected chi connectivity index (χ1v) is 12.8. The van der Waals surface area contributed by atoms with E-state index in [9.17, 15) is 18.0 Å². The van der Waals surface area contributed by atoms with Crippen molar-refractivity contribution in [3.63, 3.8) is 0 Å². The number of nitrogens with zero attached hydrogens (tertiary/aromatic N) is 2. The number of fused-ring (bicyclic) bond motifs is 1. The van der Waals surface area contributed by atoms with Gasteiger partial charge in [0, 0.05) is 30.0 Å². The van der Waals surface area contributed by atoms with Gasteiger partial charge in [-0.25, -0.2) is 13.2 Å². The SMILES string of the molecule is CCCn1c(C)cc(C(=O)COC(=O)c2cccc(S(=O)(=O)N3CCc4ccccc43)c2)c1C. The fourth-order valence-corrected chi connectivity index (χ4v) is 5.96. The number of aryl methyl sites for hydroxylation is 1. The summed E-state index contributed by atoms with van der Waals surface area (Å²) < 4.78 is 35.2. The Balaban J connectivity index is 1.49. The second kappa shape index (κ2) is 9.46. The van der Waals surface area contributed by atoms with Gasteiger partial charge in [0.15, 0.2) is 6.61 Å². The van der Waals surface area contributed by atoms with Crippen molar-refractivity contribution in [3.05, 3.63) is 82.7 Å². The number of Topliss-reactive ketones (excluding diaryl/α,β-unsaturated/α-hetero) is 1. The third-order valence-corrected chi connectivity index (χ3v) is 7.97. The Morgan fingerprint density at radius 1 is 1.03 bits per heavy atom. The quantitative estimate of drug-likeness (QED) is 0.354. The van der Waals surface area contributed by atoms with Crippen LogP contribution in [0.1, 0.15) is 51.0 Å². The molecule has 2 aromatic carbocycles. The van der Waals surface area contributed by atoms with Gasteiger partial charge in [-0.05, 0) is 62.6 Å². The Kier molecular flexibility index (Phi) is 6.61. The van der Waals surface area contributed by atoms with Crippen molar-refractivity contribution in [2.75, 3.05) is 17.5 Å². The van der Waals surface area contributed by atoms with E-state index < -0.39 is 22.6 Å². The molecule has 0 N–H and O–H groups in total. The average molecular weight is 481 g/mol. The summed E-state index contributed by atoms with van der Waals surface area (Å²) in [4.78, 5) is 25.4. The van der Waals surface area contributed by atoms with Gasteiger partial charge in [0.2, 0.25) is 5.78 Å². The summed E-state index contributed by atoms with van der Waals surface area (Å²) in [5.41, 5.74) is 4.07. The van der Waals surface area contributed by atoms with Gasteiger partial charge in [-0.2, -0.15) is 0 Å². The molecule has 0 atom stereocenters. The zero-order chi connectivity index (χ0) is 24.5. The van der Waals surface area contributed by atoms with E-state index in [4.69, 9.17) is 4.74 Å². The van der Waals surface area contributed by atoms with Gasteiger partial charge in [-0.1, -0.05) is 31.2 Å². The number of hydrogen-bond donors (Lipinski definition) is 0. The first-order chi connectivity index (χ1) is 16.2. The summed E-state index contributed by atoms with van der Waals surface area (Å²) in [6, 6.07) is 14.9. The number of carbonyl (C=O) groups excluding carboxylic acids is 2. The van der Waals surface area contributed by atoms with E-state index in [1.807, 2.05) is 32.0 Å². The number of ether oxygens (including phenoxy) is 1. The van der Waals surface area contributed by atoms with Crippen molar-refractivity contribution in [2.24, 2.45) is 0 Å². The van der Waals surface area contributed by atoms with E-state index in [0.29, 0.717) is 24.2 Å². The monoisotopic (exact) mass is 480 g/mol. The van der Waals surface area contributed by atoms with Crippen molar-refractivity contribution in [1.29, 1.82) is 0 Å². The molecule has 0 aliphatic carbocycles. The second-order valence-electron chi connectivity index (χ2n) is 8.42. The van der Waals surface area contributed by atoms with Crippen LogP contribution in [0, 0.1) is 13.8 Å². The minimum Gasteiger partial charge on any atom is -0.454 e. The van der Waals surface area contributed by atoms with Crippen molar-refractivity contribution < 1.29 is 22.7 Å². The molecule has 8 heteroatoms. The number of anilines is 1. The van der Waals surface area contributed by atoms with E-state index >= 15 is 0 Å².